The average molecular weight is 485 g/mol. The zero-order valence-corrected chi connectivity index (χ0v) is 21.6. The van der Waals surface area contributed by atoms with Gasteiger partial charge < -0.3 is 14.2 Å². The van der Waals surface area contributed by atoms with Gasteiger partial charge in [-0.25, -0.2) is 4.79 Å². The Kier molecular flexibility index (Phi) is 8.96. The lowest BCUT2D eigenvalue weighted by Gasteiger charge is -2.15. The first-order valence-electron chi connectivity index (χ1n) is 13.1. The van der Waals surface area contributed by atoms with E-state index < -0.39 is 6.10 Å². The second-order valence-corrected chi connectivity index (χ2v) is 9.00. The van der Waals surface area contributed by atoms with Crippen molar-refractivity contribution in [3.63, 3.8) is 0 Å². The normalized spacial score (nSPS) is 13.8. The summed E-state index contributed by atoms with van der Waals surface area (Å²) in [6.45, 7) is 7.20. The molecule has 0 bridgehead atoms. The van der Waals surface area contributed by atoms with Crippen LogP contribution in [0.5, 0.6) is 5.75 Å². The highest BCUT2D eigenvalue weighted by molar-refractivity contribution is 6.01. The molecule has 1 aliphatic carbocycles. The largest absolute Gasteiger partial charge is 0.490 e. The zero-order chi connectivity index (χ0) is 25.3. The Morgan fingerprint density at radius 1 is 0.833 bits per heavy atom. The molecule has 3 aromatic carbocycles. The van der Waals surface area contributed by atoms with Crippen molar-refractivity contribution in [2.75, 3.05) is 19.8 Å². The van der Waals surface area contributed by atoms with E-state index >= 15 is 0 Å². The van der Waals surface area contributed by atoms with Gasteiger partial charge >= 0.3 is 5.97 Å². The van der Waals surface area contributed by atoms with Crippen LogP contribution in [0.2, 0.25) is 0 Å². The van der Waals surface area contributed by atoms with Gasteiger partial charge in [0.2, 0.25) is 0 Å². The van der Waals surface area contributed by atoms with Crippen LogP contribution in [0.25, 0.3) is 16.7 Å². The number of ether oxygens (including phenoxy) is 3. The second kappa shape index (κ2) is 12.5. The average Bonchev–Trinajstić information content (AvgIpc) is 3.21. The predicted molar refractivity (Wildman–Crippen MR) is 145 cm³/mol. The second-order valence-electron chi connectivity index (χ2n) is 9.00. The molecule has 36 heavy (non-hydrogen) atoms. The number of rotatable bonds is 12. The van der Waals surface area contributed by atoms with Crippen LogP contribution in [0.15, 0.2) is 72.8 Å². The Bertz CT molecular complexity index is 1190. The van der Waals surface area contributed by atoms with E-state index in [0.29, 0.717) is 26.2 Å². The van der Waals surface area contributed by atoms with E-state index in [2.05, 4.69) is 55.5 Å². The van der Waals surface area contributed by atoms with Crippen molar-refractivity contribution in [2.45, 2.75) is 52.6 Å². The minimum Gasteiger partial charge on any atom is -0.490 e. The Labute approximate surface area is 214 Å². The molecule has 1 unspecified atom stereocenters. The van der Waals surface area contributed by atoms with E-state index in [1.54, 1.807) is 6.92 Å². The molecule has 4 heteroatoms. The van der Waals surface area contributed by atoms with E-state index in [0.717, 1.165) is 17.7 Å². The van der Waals surface area contributed by atoms with Crippen LogP contribution in [-0.4, -0.2) is 31.9 Å². The molecule has 0 fully saturated rings. The summed E-state index contributed by atoms with van der Waals surface area (Å²) in [5, 5.41) is 0. The maximum atomic E-state index is 12.1. The van der Waals surface area contributed by atoms with Gasteiger partial charge in [-0.05, 0) is 83.9 Å². The van der Waals surface area contributed by atoms with Gasteiger partial charge in [-0.2, -0.15) is 0 Å². The summed E-state index contributed by atoms with van der Waals surface area (Å²) in [7, 11) is 0. The zero-order valence-electron chi connectivity index (χ0n) is 21.6. The number of aryl methyl sites for hydroxylation is 1. The number of unbranched alkanes of at least 4 members (excludes halogenated alkanes) is 1. The molecule has 0 amide bonds. The Hall–Kier alpha value is -3.37. The molecule has 188 valence electrons. The smallest absolute Gasteiger partial charge is 0.335 e. The van der Waals surface area contributed by atoms with Gasteiger partial charge in [0.05, 0.1) is 6.61 Å². The molecule has 0 aliphatic heterocycles. The minimum absolute atomic E-state index is 0.318. The number of carbonyl (C=O) groups excluding carboxylic acids is 1. The molecular weight excluding hydrogens is 448 g/mol. The van der Waals surface area contributed by atoms with Gasteiger partial charge in [0.1, 0.15) is 12.4 Å². The molecule has 0 saturated carbocycles. The molecule has 0 radical (unpaired) electrons. The molecule has 3 aromatic rings. The van der Waals surface area contributed by atoms with Crippen molar-refractivity contribution >= 4 is 11.5 Å². The Balaban J connectivity index is 1.45. The lowest BCUT2D eigenvalue weighted by atomic mass is 9.99. The first-order valence-corrected chi connectivity index (χ1v) is 13.1. The van der Waals surface area contributed by atoms with Crippen molar-refractivity contribution in [3.05, 3.63) is 95.1 Å². The summed E-state index contributed by atoms with van der Waals surface area (Å²) in [4.78, 5) is 12.1. The fourth-order valence-corrected chi connectivity index (χ4v) is 4.71. The van der Waals surface area contributed by atoms with Crippen LogP contribution >= 0.6 is 0 Å². The minimum atomic E-state index is -0.587. The fraction of sp³-hybridized carbons (Fsp3) is 0.344. The number of esters is 1. The molecule has 0 heterocycles. The summed E-state index contributed by atoms with van der Waals surface area (Å²) in [6, 6.07) is 23.3. The molecule has 0 N–H and O–H groups in total. The van der Waals surface area contributed by atoms with Crippen LogP contribution in [0.1, 0.15) is 55.9 Å². The van der Waals surface area contributed by atoms with Crippen LogP contribution < -0.4 is 4.74 Å². The maximum absolute atomic E-state index is 12.1. The number of benzene rings is 3. The summed E-state index contributed by atoms with van der Waals surface area (Å²) in [5.41, 5.74) is 8.78. The molecular formula is C32H36O4. The Morgan fingerprint density at radius 3 is 2.28 bits per heavy atom. The Morgan fingerprint density at radius 2 is 1.56 bits per heavy atom. The highest BCUT2D eigenvalue weighted by atomic mass is 16.6. The molecule has 0 aromatic heterocycles. The van der Waals surface area contributed by atoms with Gasteiger partial charge in [0.25, 0.3) is 0 Å². The third kappa shape index (κ3) is 6.06. The summed E-state index contributed by atoms with van der Waals surface area (Å²) in [6.07, 6.45) is 5.59. The number of fused-ring (bicyclic) bond motifs is 3. The SMILES string of the molecule is CCCCc1ccc2c(c1)C(=CCOc1ccc(CC(OCC)C(=O)OCC)cc1)c1ccccc1-2. The highest BCUT2D eigenvalue weighted by Gasteiger charge is 2.23. The van der Waals surface area contributed by atoms with E-state index in [4.69, 9.17) is 14.2 Å². The van der Waals surface area contributed by atoms with Crippen molar-refractivity contribution in [3.8, 4) is 16.9 Å². The van der Waals surface area contributed by atoms with Crippen molar-refractivity contribution in [1.29, 1.82) is 0 Å². The molecule has 0 spiro atoms. The lowest BCUT2D eigenvalue weighted by Crippen LogP contribution is -2.28. The highest BCUT2D eigenvalue weighted by Crippen LogP contribution is 2.44. The molecule has 4 rings (SSSR count). The van der Waals surface area contributed by atoms with Crippen LogP contribution in [0.3, 0.4) is 0 Å². The molecule has 4 nitrogen and oxygen atoms in total. The van der Waals surface area contributed by atoms with Crippen molar-refractivity contribution in [2.24, 2.45) is 0 Å². The van der Waals surface area contributed by atoms with Gasteiger partial charge in [-0.15, -0.1) is 0 Å². The van der Waals surface area contributed by atoms with E-state index in [1.807, 2.05) is 31.2 Å². The lowest BCUT2D eigenvalue weighted by molar-refractivity contribution is -0.156. The number of hydrogen-bond donors (Lipinski definition) is 0. The van der Waals surface area contributed by atoms with Crippen LogP contribution in [0, 0.1) is 0 Å². The van der Waals surface area contributed by atoms with Gasteiger partial charge in [0.15, 0.2) is 6.10 Å². The van der Waals surface area contributed by atoms with Gasteiger partial charge in [-0.1, -0.05) is 67.9 Å². The van der Waals surface area contributed by atoms with Crippen molar-refractivity contribution in [1.82, 2.24) is 0 Å². The number of carbonyl (C=O) groups is 1. The predicted octanol–water partition coefficient (Wildman–Crippen LogP) is 7.03. The van der Waals surface area contributed by atoms with Gasteiger partial charge in [-0.3, -0.25) is 0 Å². The monoisotopic (exact) mass is 484 g/mol. The molecule has 0 saturated heterocycles. The summed E-state index contributed by atoms with van der Waals surface area (Å²) < 4.78 is 16.8. The third-order valence-corrected chi connectivity index (χ3v) is 6.50. The standard InChI is InChI=1S/C32H36O4/c1-4-7-10-23-15-18-28-26-11-8-9-12-27(26)29(30(28)21-23)19-20-36-25-16-13-24(14-17-25)22-31(34-5-2)32(33)35-6-3/h8-9,11-19,21,31H,4-7,10,20,22H2,1-3H3. The summed E-state index contributed by atoms with van der Waals surface area (Å²) in [5.74, 6) is 0.476. The van der Waals surface area contributed by atoms with E-state index in [1.165, 1.54) is 46.2 Å². The third-order valence-electron chi connectivity index (χ3n) is 6.50. The first kappa shape index (κ1) is 25.7. The van der Waals surface area contributed by atoms with Crippen LogP contribution in [0.4, 0.5) is 0 Å². The topological polar surface area (TPSA) is 44.8 Å². The quantitative estimate of drug-likeness (QED) is 0.203. The molecule has 1 aliphatic rings. The van der Waals surface area contributed by atoms with E-state index in [9.17, 15) is 4.79 Å². The van der Waals surface area contributed by atoms with Crippen LogP contribution in [-0.2, 0) is 27.1 Å². The fourth-order valence-electron chi connectivity index (χ4n) is 4.71. The van der Waals surface area contributed by atoms with Crippen molar-refractivity contribution < 1.29 is 19.0 Å². The first-order chi connectivity index (χ1) is 17.6. The number of hydrogen-bond acceptors (Lipinski definition) is 4. The summed E-state index contributed by atoms with van der Waals surface area (Å²) >= 11 is 0. The van der Waals surface area contributed by atoms with E-state index in [-0.39, 0.29) is 5.97 Å². The maximum Gasteiger partial charge on any atom is 0.335 e. The molecule has 1 atom stereocenters. The van der Waals surface area contributed by atoms with Gasteiger partial charge in [0, 0.05) is 13.0 Å².